The minimum atomic E-state index is -1.25. The molecule has 0 radical (unpaired) electrons. The van der Waals surface area contributed by atoms with Gasteiger partial charge in [-0.15, -0.1) is 0 Å². The average Bonchev–Trinajstić information content (AvgIpc) is 2.42. The second kappa shape index (κ2) is 6.48. The molecule has 0 amide bonds. The van der Waals surface area contributed by atoms with Crippen LogP contribution in [-0.2, 0) is 16.6 Å². The summed E-state index contributed by atoms with van der Waals surface area (Å²) >= 11 is 11.8. The summed E-state index contributed by atoms with van der Waals surface area (Å²) in [5, 5.41) is 0.928. The first-order valence-corrected chi connectivity index (χ1v) is 7.84. The van der Waals surface area contributed by atoms with Gasteiger partial charge in [0.2, 0.25) is 0 Å². The summed E-state index contributed by atoms with van der Waals surface area (Å²) in [6.07, 6.45) is 0. The monoisotopic (exact) mass is 329 g/mol. The summed E-state index contributed by atoms with van der Waals surface area (Å²) in [5.74, 6) is 0.848. The largest absolute Gasteiger partial charge is 0.495 e. The van der Waals surface area contributed by atoms with Crippen LogP contribution >= 0.6 is 23.2 Å². The normalized spacial score (nSPS) is 12.2. The fraction of sp³-hybridized carbons (Fsp3) is 0.143. The van der Waals surface area contributed by atoms with Crippen LogP contribution in [0.1, 0.15) is 5.56 Å². The van der Waals surface area contributed by atoms with Crippen LogP contribution in [0, 0.1) is 0 Å². The second-order valence-corrected chi connectivity index (χ2v) is 6.38. The van der Waals surface area contributed by atoms with Crippen LogP contribution in [0.5, 0.6) is 5.75 Å². The molecule has 1 atom stereocenters. The van der Waals surface area contributed by atoms with Crippen molar-refractivity contribution in [3.63, 3.8) is 0 Å². The van der Waals surface area contributed by atoms with E-state index in [1.807, 2.05) is 0 Å². The van der Waals surface area contributed by atoms with Crippen molar-refractivity contribution >= 4 is 39.7 Å². The molecule has 6 heteroatoms. The highest BCUT2D eigenvalue weighted by Gasteiger charge is 2.12. The third-order valence-electron chi connectivity index (χ3n) is 2.71. The summed E-state index contributed by atoms with van der Waals surface area (Å²) in [4.78, 5) is 0.604. The van der Waals surface area contributed by atoms with E-state index in [2.05, 4.69) is 0 Å². The molecule has 0 aromatic heterocycles. The van der Waals surface area contributed by atoms with E-state index >= 15 is 0 Å². The van der Waals surface area contributed by atoms with E-state index in [-0.39, 0.29) is 0 Å². The highest BCUT2D eigenvalue weighted by molar-refractivity contribution is 7.84. The van der Waals surface area contributed by atoms with Gasteiger partial charge in [0.05, 0.1) is 38.6 Å². The van der Waals surface area contributed by atoms with Crippen molar-refractivity contribution in [3.05, 3.63) is 52.0 Å². The maximum Gasteiger partial charge on any atom is 0.137 e. The van der Waals surface area contributed by atoms with Crippen LogP contribution in [0.3, 0.4) is 0 Å². The zero-order valence-corrected chi connectivity index (χ0v) is 13.1. The van der Waals surface area contributed by atoms with Crippen molar-refractivity contribution < 1.29 is 8.95 Å². The van der Waals surface area contributed by atoms with Crippen LogP contribution < -0.4 is 10.5 Å². The topological polar surface area (TPSA) is 52.3 Å². The summed E-state index contributed by atoms with van der Waals surface area (Å²) in [6.45, 7) is 0. The molecule has 0 saturated heterocycles. The van der Waals surface area contributed by atoms with E-state index in [1.165, 1.54) is 7.11 Å². The van der Waals surface area contributed by atoms with Crippen molar-refractivity contribution in [2.24, 2.45) is 0 Å². The Hall–Kier alpha value is -1.23. The van der Waals surface area contributed by atoms with E-state index in [0.29, 0.717) is 32.1 Å². The number of methoxy groups -OCH3 is 1. The Labute approximate surface area is 130 Å². The van der Waals surface area contributed by atoms with Gasteiger partial charge >= 0.3 is 0 Å². The highest BCUT2D eigenvalue weighted by atomic mass is 35.5. The number of hydrogen-bond donors (Lipinski definition) is 1. The molecule has 0 aliphatic carbocycles. The lowest BCUT2D eigenvalue weighted by molar-refractivity contribution is 0.404. The molecular weight excluding hydrogens is 317 g/mol. The van der Waals surface area contributed by atoms with Gasteiger partial charge in [0.15, 0.2) is 0 Å². The maximum atomic E-state index is 12.4. The highest BCUT2D eigenvalue weighted by Crippen LogP contribution is 2.28. The van der Waals surface area contributed by atoms with Gasteiger partial charge in [-0.3, -0.25) is 4.21 Å². The summed E-state index contributed by atoms with van der Waals surface area (Å²) in [6, 6.07) is 10.3. The summed E-state index contributed by atoms with van der Waals surface area (Å²) in [7, 11) is 0.271. The van der Waals surface area contributed by atoms with Crippen molar-refractivity contribution in [2.45, 2.75) is 10.6 Å². The Bertz CT molecular complexity index is 662. The molecule has 0 aliphatic rings. The summed E-state index contributed by atoms with van der Waals surface area (Å²) in [5.41, 5.74) is 7.09. The van der Waals surface area contributed by atoms with Gasteiger partial charge in [-0.2, -0.15) is 0 Å². The zero-order chi connectivity index (χ0) is 14.7. The molecule has 3 nitrogen and oxygen atoms in total. The fourth-order valence-corrected chi connectivity index (χ4v) is 3.28. The second-order valence-electron chi connectivity index (χ2n) is 4.15. The number of benzene rings is 2. The van der Waals surface area contributed by atoms with Crippen LogP contribution in [0.25, 0.3) is 0 Å². The molecule has 2 aromatic carbocycles. The van der Waals surface area contributed by atoms with Crippen molar-refractivity contribution in [2.75, 3.05) is 12.8 Å². The fourth-order valence-electron chi connectivity index (χ4n) is 1.73. The number of nitrogens with two attached hydrogens (primary N) is 1. The van der Waals surface area contributed by atoms with Gasteiger partial charge in [0, 0.05) is 11.8 Å². The quantitative estimate of drug-likeness (QED) is 0.865. The number of anilines is 1. The van der Waals surface area contributed by atoms with Crippen LogP contribution in [0.4, 0.5) is 5.69 Å². The first kappa shape index (κ1) is 15.2. The SMILES string of the molecule is COc1cc(N)ccc1S(=O)Cc1ccc(Cl)c(Cl)c1. The number of rotatable bonds is 4. The van der Waals surface area contributed by atoms with E-state index < -0.39 is 10.8 Å². The smallest absolute Gasteiger partial charge is 0.137 e. The Kier molecular flexibility index (Phi) is 4.91. The van der Waals surface area contributed by atoms with Gasteiger partial charge in [-0.1, -0.05) is 29.3 Å². The van der Waals surface area contributed by atoms with E-state index in [9.17, 15) is 4.21 Å². The first-order valence-electron chi connectivity index (χ1n) is 5.77. The minimum Gasteiger partial charge on any atom is -0.495 e. The first-order chi connectivity index (χ1) is 9.51. The molecule has 0 aliphatic heterocycles. The Balaban J connectivity index is 2.25. The Morgan fingerprint density at radius 3 is 2.55 bits per heavy atom. The average molecular weight is 330 g/mol. The molecule has 2 aromatic rings. The van der Waals surface area contributed by atoms with Gasteiger partial charge in [-0.25, -0.2) is 0 Å². The molecule has 0 spiro atoms. The lowest BCUT2D eigenvalue weighted by Crippen LogP contribution is -2.00. The van der Waals surface area contributed by atoms with E-state index in [0.717, 1.165) is 5.56 Å². The van der Waals surface area contributed by atoms with E-state index in [4.69, 9.17) is 33.7 Å². The third-order valence-corrected chi connectivity index (χ3v) is 4.88. The molecule has 2 rings (SSSR count). The molecule has 20 heavy (non-hydrogen) atoms. The molecule has 0 heterocycles. The van der Waals surface area contributed by atoms with Crippen LogP contribution in [0.2, 0.25) is 10.0 Å². The van der Waals surface area contributed by atoms with Crippen molar-refractivity contribution in [3.8, 4) is 5.75 Å². The van der Waals surface area contributed by atoms with Gasteiger partial charge in [-0.05, 0) is 29.8 Å². The predicted octanol–water partition coefficient (Wildman–Crippen LogP) is 3.89. The number of hydrogen-bond acceptors (Lipinski definition) is 3. The third kappa shape index (κ3) is 3.45. The lowest BCUT2D eigenvalue weighted by Gasteiger charge is -2.09. The number of halogens is 2. The van der Waals surface area contributed by atoms with Gasteiger partial charge in [0.25, 0.3) is 0 Å². The molecule has 0 saturated carbocycles. The number of nitrogen functional groups attached to an aromatic ring is 1. The van der Waals surface area contributed by atoms with Crippen LogP contribution in [-0.4, -0.2) is 11.3 Å². The molecule has 2 N–H and O–H groups in total. The Morgan fingerprint density at radius 2 is 1.90 bits per heavy atom. The zero-order valence-electron chi connectivity index (χ0n) is 10.7. The van der Waals surface area contributed by atoms with Gasteiger partial charge < -0.3 is 10.5 Å². The van der Waals surface area contributed by atoms with Crippen LogP contribution in [0.15, 0.2) is 41.3 Å². The molecule has 106 valence electrons. The standard InChI is InChI=1S/C14H13Cl2NO2S/c1-19-13-7-10(17)3-5-14(13)20(18)8-9-2-4-11(15)12(16)6-9/h2-7H,8,17H2,1H3. The molecular formula is C14H13Cl2NO2S. The minimum absolute atomic E-state index is 0.331. The molecule has 1 unspecified atom stereocenters. The Morgan fingerprint density at radius 1 is 1.15 bits per heavy atom. The van der Waals surface area contributed by atoms with Crippen molar-refractivity contribution in [1.29, 1.82) is 0 Å². The molecule has 0 fully saturated rings. The maximum absolute atomic E-state index is 12.4. The molecule has 0 bridgehead atoms. The lowest BCUT2D eigenvalue weighted by atomic mass is 10.2. The van der Waals surface area contributed by atoms with Crippen molar-refractivity contribution in [1.82, 2.24) is 0 Å². The van der Waals surface area contributed by atoms with Gasteiger partial charge in [0.1, 0.15) is 5.75 Å². The predicted molar refractivity (Wildman–Crippen MR) is 84.0 cm³/mol. The summed E-state index contributed by atoms with van der Waals surface area (Å²) < 4.78 is 17.6. The van der Waals surface area contributed by atoms with E-state index in [1.54, 1.807) is 36.4 Å². The number of ether oxygens (including phenoxy) is 1.